The topological polar surface area (TPSA) is 82.8 Å². The van der Waals surface area contributed by atoms with Crippen LogP contribution in [0.4, 0.5) is 0 Å². The van der Waals surface area contributed by atoms with Crippen LogP contribution in [0, 0.1) is 5.92 Å². The summed E-state index contributed by atoms with van der Waals surface area (Å²) in [4.78, 5) is 12.5. The summed E-state index contributed by atoms with van der Waals surface area (Å²) in [6.07, 6.45) is 2.60. The van der Waals surface area contributed by atoms with Gasteiger partial charge in [0.1, 0.15) is 0 Å². The molecule has 2 atom stereocenters. The first-order chi connectivity index (χ1) is 12.1. The normalized spacial score (nSPS) is 16.9. The minimum atomic E-state index is -0.500. The van der Waals surface area contributed by atoms with Gasteiger partial charge in [-0.1, -0.05) is 13.0 Å². The predicted octanol–water partition coefficient (Wildman–Crippen LogP) is 2.84. The number of rotatable bonds is 8. The lowest BCUT2D eigenvalue weighted by atomic mass is 9.91. The molecule has 2 unspecified atom stereocenters. The van der Waals surface area contributed by atoms with Gasteiger partial charge in [-0.2, -0.15) is 0 Å². The van der Waals surface area contributed by atoms with Crippen molar-refractivity contribution in [1.29, 1.82) is 0 Å². The molecule has 2 rings (SSSR count). The van der Waals surface area contributed by atoms with Crippen molar-refractivity contribution in [3.63, 3.8) is 0 Å². The number of hydrogen-bond acceptors (Lipinski definition) is 5. The lowest BCUT2D eigenvalue weighted by molar-refractivity contribution is -0.125. The lowest BCUT2D eigenvalue weighted by Crippen LogP contribution is -2.47. The van der Waals surface area contributed by atoms with Crippen LogP contribution in [0.15, 0.2) is 18.2 Å². The zero-order valence-corrected chi connectivity index (χ0v) is 16.6. The number of carbonyl (C=O) groups excluding carboxylic acids is 1. The molecular weight excluding hydrogens is 356 g/mol. The second-order valence-corrected chi connectivity index (χ2v) is 6.46. The molecule has 6 nitrogen and oxygen atoms in total. The zero-order chi connectivity index (χ0) is 18.2. The van der Waals surface area contributed by atoms with Gasteiger partial charge < -0.3 is 25.3 Å². The van der Waals surface area contributed by atoms with E-state index in [0.29, 0.717) is 31.3 Å². The van der Waals surface area contributed by atoms with Gasteiger partial charge in [0, 0.05) is 13.2 Å². The molecule has 1 fully saturated rings. The number of nitrogens with one attached hydrogen (secondary N) is 1. The molecule has 1 aliphatic heterocycles. The first-order valence-electron chi connectivity index (χ1n) is 9.01. The molecule has 1 heterocycles. The predicted molar refractivity (Wildman–Crippen MR) is 104 cm³/mol. The molecule has 0 aromatic heterocycles. The van der Waals surface area contributed by atoms with Crippen LogP contribution < -0.4 is 20.5 Å². The van der Waals surface area contributed by atoms with Crippen molar-refractivity contribution < 1.29 is 19.0 Å². The number of ether oxygens (including phenoxy) is 3. The third kappa shape index (κ3) is 6.04. The smallest absolute Gasteiger partial charge is 0.237 e. The van der Waals surface area contributed by atoms with E-state index in [1.807, 2.05) is 25.1 Å². The molecule has 1 amide bonds. The highest BCUT2D eigenvalue weighted by atomic mass is 35.5. The van der Waals surface area contributed by atoms with E-state index in [2.05, 4.69) is 12.2 Å². The summed E-state index contributed by atoms with van der Waals surface area (Å²) in [5.74, 6) is 1.44. The highest BCUT2D eigenvalue weighted by Gasteiger charge is 2.27. The lowest BCUT2D eigenvalue weighted by Gasteiger charge is -2.28. The molecule has 3 N–H and O–H groups in total. The fourth-order valence-corrected chi connectivity index (χ4v) is 2.97. The number of carbonyl (C=O) groups is 1. The maximum atomic E-state index is 12.5. The molecule has 1 saturated heterocycles. The number of hydrogen-bond donors (Lipinski definition) is 2. The number of methoxy groups -OCH3 is 1. The van der Waals surface area contributed by atoms with Crippen LogP contribution in [0.2, 0.25) is 0 Å². The number of halogens is 1. The van der Waals surface area contributed by atoms with Crippen molar-refractivity contribution >= 4 is 18.3 Å². The maximum absolute atomic E-state index is 12.5. The number of nitrogens with two attached hydrogens (primary N) is 1. The number of amides is 1. The fourth-order valence-electron chi connectivity index (χ4n) is 2.97. The van der Waals surface area contributed by atoms with Gasteiger partial charge in [0.25, 0.3) is 0 Å². The van der Waals surface area contributed by atoms with Crippen LogP contribution in [-0.2, 0) is 9.53 Å². The second kappa shape index (κ2) is 11.3. The molecule has 0 spiro atoms. The third-order valence-electron chi connectivity index (χ3n) is 4.58. The van der Waals surface area contributed by atoms with Crippen molar-refractivity contribution in [2.45, 2.75) is 45.2 Å². The Morgan fingerprint density at radius 3 is 2.65 bits per heavy atom. The van der Waals surface area contributed by atoms with E-state index in [9.17, 15) is 4.79 Å². The summed E-state index contributed by atoms with van der Waals surface area (Å²) in [6.45, 7) is 5.99. The van der Waals surface area contributed by atoms with Crippen molar-refractivity contribution in [2.24, 2.45) is 11.7 Å². The van der Waals surface area contributed by atoms with Gasteiger partial charge in [0.05, 0.1) is 25.8 Å². The van der Waals surface area contributed by atoms with Crippen molar-refractivity contribution in [2.75, 3.05) is 26.9 Å². The molecule has 0 radical (unpaired) electrons. The zero-order valence-electron chi connectivity index (χ0n) is 15.8. The third-order valence-corrected chi connectivity index (χ3v) is 4.58. The van der Waals surface area contributed by atoms with Crippen LogP contribution in [-0.4, -0.2) is 38.9 Å². The van der Waals surface area contributed by atoms with E-state index in [1.165, 1.54) is 0 Å². The average Bonchev–Trinajstić information content (AvgIpc) is 2.66. The molecular formula is C19H31ClN2O4. The molecule has 0 aliphatic carbocycles. The summed E-state index contributed by atoms with van der Waals surface area (Å²) in [6, 6.07) is 5.06. The Kier molecular flexibility index (Phi) is 9.76. The van der Waals surface area contributed by atoms with Crippen molar-refractivity contribution in [3.8, 4) is 11.5 Å². The highest BCUT2D eigenvalue weighted by molar-refractivity contribution is 5.85. The van der Waals surface area contributed by atoms with E-state index in [4.69, 9.17) is 19.9 Å². The highest BCUT2D eigenvalue weighted by Crippen LogP contribution is 2.30. The van der Waals surface area contributed by atoms with Crippen molar-refractivity contribution in [1.82, 2.24) is 5.32 Å². The molecule has 1 aromatic rings. The Bertz CT molecular complexity index is 564. The molecule has 1 aromatic carbocycles. The summed E-state index contributed by atoms with van der Waals surface area (Å²) < 4.78 is 16.4. The fraction of sp³-hybridized carbons (Fsp3) is 0.632. The van der Waals surface area contributed by atoms with Crippen LogP contribution in [0.25, 0.3) is 0 Å². The number of benzene rings is 1. The van der Waals surface area contributed by atoms with E-state index in [1.54, 1.807) is 7.11 Å². The van der Waals surface area contributed by atoms with Crippen LogP contribution >= 0.6 is 12.4 Å². The van der Waals surface area contributed by atoms with Gasteiger partial charge >= 0.3 is 0 Å². The molecule has 1 aliphatic rings. The van der Waals surface area contributed by atoms with Gasteiger partial charge in [-0.05, 0) is 49.8 Å². The molecule has 0 bridgehead atoms. The summed E-state index contributed by atoms with van der Waals surface area (Å²) >= 11 is 0. The first-order valence-corrected chi connectivity index (χ1v) is 9.01. The molecule has 148 valence electrons. The van der Waals surface area contributed by atoms with E-state index >= 15 is 0 Å². The molecule has 7 heteroatoms. The van der Waals surface area contributed by atoms with Crippen LogP contribution in [0.1, 0.15) is 44.7 Å². The largest absolute Gasteiger partial charge is 0.493 e. The van der Waals surface area contributed by atoms with Gasteiger partial charge in [-0.3, -0.25) is 4.79 Å². The Labute approximate surface area is 162 Å². The van der Waals surface area contributed by atoms with Gasteiger partial charge in [-0.15, -0.1) is 12.4 Å². The van der Waals surface area contributed by atoms with E-state index in [-0.39, 0.29) is 30.3 Å². The summed E-state index contributed by atoms with van der Waals surface area (Å²) in [7, 11) is 1.61. The van der Waals surface area contributed by atoms with Gasteiger partial charge in [0.2, 0.25) is 5.91 Å². The Morgan fingerprint density at radius 1 is 1.35 bits per heavy atom. The van der Waals surface area contributed by atoms with Gasteiger partial charge in [-0.25, -0.2) is 0 Å². The minimum absolute atomic E-state index is 0. The first kappa shape index (κ1) is 22.5. The summed E-state index contributed by atoms with van der Waals surface area (Å²) in [5, 5.41) is 3.01. The quantitative estimate of drug-likeness (QED) is 0.717. The molecule has 0 saturated carbocycles. The van der Waals surface area contributed by atoms with Crippen molar-refractivity contribution in [3.05, 3.63) is 23.8 Å². The molecule has 26 heavy (non-hydrogen) atoms. The Morgan fingerprint density at radius 2 is 2.04 bits per heavy atom. The maximum Gasteiger partial charge on any atom is 0.237 e. The van der Waals surface area contributed by atoms with E-state index in [0.717, 1.165) is 24.8 Å². The SMILES string of the molecule is CCCOc1ccc(C(C)NC(=O)C(N)C2CCOCC2)cc1OC.Cl. The minimum Gasteiger partial charge on any atom is -0.493 e. The van der Waals surface area contributed by atoms with E-state index < -0.39 is 6.04 Å². The Balaban J connectivity index is 0.00000338. The summed E-state index contributed by atoms with van der Waals surface area (Å²) in [5.41, 5.74) is 7.09. The standard InChI is InChI=1S/C19H30N2O4.ClH/c1-4-9-25-16-6-5-15(12-17(16)23-3)13(2)21-19(22)18(20)14-7-10-24-11-8-14;/h5-6,12-14,18H,4,7-11,20H2,1-3H3,(H,21,22);1H. The Hall–Kier alpha value is -1.50. The van der Waals surface area contributed by atoms with Crippen LogP contribution in [0.5, 0.6) is 11.5 Å². The average molecular weight is 387 g/mol. The van der Waals surface area contributed by atoms with Gasteiger partial charge in [0.15, 0.2) is 11.5 Å². The van der Waals surface area contributed by atoms with Crippen LogP contribution in [0.3, 0.4) is 0 Å². The monoisotopic (exact) mass is 386 g/mol. The second-order valence-electron chi connectivity index (χ2n) is 6.46.